The predicted octanol–water partition coefficient (Wildman–Crippen LogP) is 0.993. The van der Waals surface area contributed by atoms with E-state index < -0.39 is 15.9 Å². The van der Waals surface area contributed by atoms with Gasteiger partial charge in [0, 0.05) is 11.9 Å². The average molecular weight is 306 g/mol. The van der Waals surface area contributed by atoms with Crippen molar-refractivity contribution in [2.45, 2.75) is 18.7 Å². The number of primary sulfonamides is 1. The number of nitrogens with zero attached hydrogens (tertiary/aromatic N) is 2. The van der Waals surface area contributed by atoms with E-state index in [0.717, 1.165) is 0 Å². The Bertz CT molecular complexity index is 786. The molecule has 0 atom stereocenters. The van der Waals surface area contributed by atoms with Crippen LogP contribution in [-0.2, 0) is 10.0 Å². The van der Waals surface area contributed by atoms with Crippen LogP contribution >= 0.6 is 0 Å². The molecule has 1 amide bonds. The Morgan fingerprint density at radius 1 is 1.19 bits per heavy atom. The number of hydrogen-bond acceptors (Lipinski definition) is 5. The number of sulfonamides is 1. The van der Waals surface area contributed by atoms with E-state index in [1.54, 1.807) is 19.9 Å². The maximum Gasteiger partial charge on any atom is 0.275 e. The Morgan fingerprint density at radius 2 is 1.90 bits per heavy atom. The zero-order valence-corrected chi connectivity index (χ0v) is 12.3. The molecule has 1 aromatic heterocycles. The normalized spacial score (nSPS) is 11.2. The minimum absolute atomic E-state index is 0.0321. The highest BCUT2D eigenvalue weighted by atomic mass is 32.2. The van der Waals surface area contributed by atoms with Crippen molar-refractivity contribution in [1.82, 2.24) is 9.97 Å². The average Bonchev–Trinajstić information content (AvgIpc) is 2.40. The van der Waals surface area contributed by atoms with Gasteiger partial charge >= 0.3 is 0 Å². The topological polar surface area (TPSA) is 115 Å². The lowest BCUT2D eigenvalue weighted by Crippen LogP contribution is -2.18. The van der Waals surface area contributed by atoms with E-state index >= 15 is 0 Å². The third-order valence-corrected chi connectivity index (χ3v) is 3.91. The third-order valence-electron chi connectivity index (χ3n) is 2.85. The molecule has 0 spiro atoms. The van der Waals surface area contributed by atoms with E-state index in [1.807, 2.05) is 0 Å². The fourth-order valence-corrected chi connectivity index (χ4v) is 2.56. The Morgan fingerprint density at radius 3 is 2.48 bits per heavy atom. The summed E-state index contributed by atoms with van der Waals surface area (Å²) in [5, 5.41) is 7.72. The summed E-state index contributed by atoms with van der Waals surface area (Å²) >= 11 is 0. The van der Waals surface area contributed by atoms with Crippen molar-refractivity contribution in [3.8, 4) is 0 Å². The molecule has 0 aliphatic carbocycles. The molecule has 0 radical (unpaired) electrons. The van der Waals surface area contributed by atoms with Crippen molar-refractivity contribution in [3.63, 3.8) is 0 Å². The number of carbonyl (C=O) groups excluding carboxylic acids is 1. The van der Waals surface area contributed by atoms with Gasteiger partial charge in [0.15, 0.2) is 0 Å². The quantitative estimate of drug-likeness (QED) is 0.877. The van der Waals surface area contributed by atoms with E-state index in [9.17, 15) is 13.2 Å². The van der Waals surface area contributed by atoms with E-state index in [4.69, 9.17) is 5.14 Å². The number of rotatable bonds is 3. The molecule has 110 valence electrons. The van der Waals surface area contributed by atoms with Crippen LogP contribution in [0.2, 0.25) is 0 Å². The van der Waals surface area contributed by atoms with Crippen molar-refractivity contribution in [2.75, 3.05) is 5.32 Å². The molecule has 0 unspecified atom stereocenters. The van der Waals surface area contributed by atoms with Gasteiger partial charge in [-0.3, -0.25) is 9.78 Å². The molecule has 21 heavy (non-hydrogen) atoms. The molecule has 1 heterocycles. The fraction of sp³-hybridized carbons (Fsp3) is 0.154. The molecule has 0 bridgehead atoms. The number of benzene rings is 1. The molecule has 0 aliphatic heterocycles. The largest absolute Gasteiger partial charge is 0.320 e. The van der Waals surface area contributed by atoms with Gasteiger partial charge in [-0.25, -0.2) is 18.5 Å². The van der Waals surface area contributed by atoms with Crippen molar-refractivity contribution < 1.29 is 13.2 Å². The molecule has 0 saturated heterocycles. The second-order valence-electron chi connectivity index (χ2n) is 4.47. The van der Waals surface area contributed by atoms with Gasteiger partial charge in [-0.2, -0.15) is 0 Å². The van der Waals surface area contributed by atoms with Gasteiger partial charge in [-0.05, 0) is 31.5 Å². The van der Waals surface area contributed by atoms with Crippen molar-refractivity contribution in [3.05, 3.63) is 47.5 Å². The van der Waals surface area contributed by atoms with Crippen LogP contribution in [-0.4, -0.2) is 24.3 Å². The first-order valence-corrected chi connectivity index (χ1v) is 7.56. The van der Waals surface area contributed by atoms with Gasteiger partial charge in [0.1, 0.15) is 5.69 Å². The molecular formula is C13H14N4O3S. The molecule has 3 N–H and O–H groups in total. The lowest BCUT2D eigenvalue weighted by Gasteiger charge is -2.11. The third kappa shape index (κ3) is 3.41. The van der Waals surface area contributed by atoms with E-state index in [-0.39, 0.29) is 10.6 Å². The highest BCUT2D eigenvalue weighted by molar-refractivity contribution is 7.89. The number of aromatic nitrogens is 2. The number of anilines is 1. The van der Waals surface area contributed by atoms with Crippen LogP contribution in [0.3, 0.4) is 0 Å². The number of carbonyl (C=O) groups is 1. The summed E-state index contributed by atoms with van der Waals surface area (Å²) in [5.74, 6) is -0.475. The summed E-state index contributed by atoms with van der Waals surface area (Å²) in [6.45, 7) is 3.32. The molecular weight excluding hydrogens is 292 g/mol. The SMILES string of the molecule is Cc1cnc(C(=O)Nc2cccc(S(N)(=O)=O)c2C)cn1. The summed E-state index contributed by atoms with van der Waals surface area (Å²) in [6, 6.07) is 4.47. The van der Waals surface area contributed by atoms with Gasteiger partial charge in [-0.1, -0.05) is 6.07 Å². The van der Waals surface area contributed by atoms with E-state index in [0.29, 0.717) is 16.9 Å². The number of hydrogen-bond donors (Lipinski definition) is 2. The molecule has 0 fully saturated rings. The van der Waals surface area contributed by atoms with Crippen molar-refractivity contribution in [1.29, 1.82) is 0 Å². The monoisotopic (exact) mass is 306 g/mol. The summed E-state index contributed by atoms with van der Waals surface area (Å²) < 4.78 is 22.9. The highest BCUT2D eigenvalue weighted by Crippen LogP contribution is 2.22. The molecule has 0 saturated carbocycles. The summed E-state index contributed by atoms with van der Waals surface area (Å²) in [4.78, 5) is 20.0. The van der Waals surface area contributed by atoms with Gasteiger partial charge in [-0.15, -0.1) is 0 Å². The van der Waals surface area contributed by atoms with Crippen molar-refractivity contribution in [2.24, 2.45) is 5.14 Å². The zero-order valence-electron chi connectivity index (χ0n) is 11.5. The molecule has 0 aliphatic rings. The van der Waals surface area contributed by atoms with Crippen LogP contribution in [0.25, 0.3) is 0 Å². The van der Waals surface area contributed by atoms with Crippen LogP contribution in [0.1, 0.15) is 21.7 Å². The summed E-state index contributed by atoms with van der Waals surface area (Å²) in [7, 11) is -3.84. The van der Waals surface area contributed by atoms with Crippen LogP contribution in [0.4, 0.5) is 5.69 Å². The minimum Gasteiger partial charge on any atom is -0.320 e. The zero-order chi connectivity index (χ0) is 15.6. The lowest BCUT2D eigenvalue weighted by molar-refractivity contribution is 0.102. The maximum atomic E-state index is 12.0. The standard InChI is InChI=1S/C13H14N4O3S/c1-8-6-16-11(7-15-8)13(18)17-10-4-3-5-12(9(10)2)21(14,19)20/h3-7H,1-2H3,(H,17,18)(H2,14,19,20). The van der Waals surface area contributed by atoms with Crippen LogP contribution in [0.5, 0.6) is 0 Å². The number of amides is 1. The Balaban J connectivity index is 2.32. The van der Waals surface area contributed by atoms with Gasteiger partial charge < -0.3 is 5.32 Å². The second-order valence-corrected chi connectivity index (χ2v) is 6.00. The maximum absolute atomic E-state index is 12.0. The summed E-state index contributed by atoms with van der Waals surface area (Å²) in [6.07, 6.45) is 2.83. The number of aryl methyl sites for hydroxylation is 1. The minimum atomic E-state index is -3.84. The Kier molecular flexibility index (Phi) is 4.01. The van der Waals surface area contributed by atoms with Gasteiger partial charge in [0.05, 0.1) is 16.8 Å². The predicted molar refractivity (Wildman–Crippen MR) is 77.3 cm³/mol. The molecule has 2 aromatic rings. The molecule has 2 rings (SSSR count). The van der Waals surface area contributed by atoms with Crippen molar-refractivity contribution >= 4 is 21.6 Å². The smallest absolute Gasteiger partial charge is 0.275 e. The Hall–Kier alpha value is -2.32. The van der Waals surface area contributed by atoms with Crippen LogP contribution < -0.4 is 10.5 Å². The number of nitrogens with two attached hydrogens (primary N) is 1. The lowest BCUT2D eigenvalue weighted by atomic mass is 10.2. The van der Waals surface area contributed by atoms with Crippen LogP contribution in [0.15, 0.2) is 35.5 Å². The Labute approximate surface area is 122 Å². The number of nitrogens with one attached hydrogen (secondary N) is 1. The van der Waals surface area contributed by atoms with Gasteiger partial charge in [0.25, 0.3) is 5.91 Å². The summed E-state index contributed by atoms with van der Waals surface area (Å²) in [5.41, 5.74) is 1.56. The first-order valence-electron chi connectivity index (χ1n) is 6.01. The highest BCUT2D eigenvalue weighted by Gasteiger charge is 2.16. The van der Waals surface area contributed by atoms with E-state index in [1.165, 1.54) is 24.5 Å². The van der Waals surface area contributed by atoms with E-state index in [2.05, 4.69) is 15.3 Å². The first kappa shape index (κ1) is 15.1. The molecule has 7 nitrogen and oxygen atoms in total. The first-order chi connectivity index (χ1) is 9.79. The van der Waals surface area contributed by atoms with Gasteiger partial charge in [0.2, 0.25) is 10.0 Å². The molecule has 8 heteroatoms. The van der Waals surface area contributed by atoms with Crippen LogP contribution in [0, 0.1) is 13.8 Å². The molecule has 1 aromatic carbocycles. The fourth-order valence-electron chi connectivity index (χ4n) is 1.75. The second kappa shape index (κ2) is 5.58.